The van der Waals surface area contributed by atoms with Crippen LogP contribution in [-0.4, -0.2) is 129 Å². The van der Waals surface area contributed by atoms with Crippen molar-refractivity contribution in [1.82, 2.24) is 39.8 Å². The first-order chi connectivity index (χ1) is 35.3. The zero-order chi connectivity index (χ0) is 50.0. The van der Waals surface area contributed by atoms with Crippen LogP contribution in [0.25, 0.3) is 43.8 Å². The fraction of sp³-hybridized carbons (Fsp3) is 0.527. The number of imide groups is 1. The van der Waals surface area contributed by atoms with Crippen LogP contribution in [0.4, 0.5) is 29.6 Å². The molecule has 2 saturated carbocycles. The minimum Gasteiger partial charge on any atom is -0.508 e. The van der Waals surface area contributed by atoms with Crippen LogP contribution in [0.2, 0.25) is 0 Å². The highest BCUT2D eigenvalue weighted by molar-refractivity contribution is 6.09. The van der Waals surface area contributed by atoms with Crippen LogP contribution in [0.3, 0.4) is 0 Å². The number of amides is 3. The van der Waals surface area contributed by atoms with Crippen LogP contribution < -0.4 is 19.9 Å². The molecule has 7 aliphatic rings. The number of aromatic hydroxyl groups is 1. The Balaban J connectivity index is 0.675. The van der Waals surface area contributed by atoms with Gasteiger partial charge in [0.1, 0.15) is 34.4 Å². The lowest BCUT2D eigenvalue weighted by Crippen LogP contribution is -2.56. The molecule has 18 heteroatoms. The third-order valence-corrected chi connectivity index (χ3v) is 17.8. The Bertz CT molecular complexity index is 3240. The van der Waals surface area contributed by atoms with Crippen LogP contribution in [0.5, 0.6) is 11.8 Å². The number of benzene rings is 3. The molecule has 5 aliphatic heterocycles. The first kappa shape index (κ1) is 46.7. The van der Waals surface area contributed by atoms with Crippen molar-refractivity contribution in [3.05, 3.63) is 71.2 Å². The van der Waals surface area contributed by atoms with E-state index in [1.807, 2.05) is 13.0 Å². The summed E-state index contributed by atoms with van der Waals surface area (Å²) in [6.07, 6.45) is 12.2. The average Bonchev–Trinajstić information content (AvgIpc) is 3.88. The highest BCUT2D eigenvalue weighted by Gasteiger charge is 2.53. The monoisotopic (exact) mass is 998 g/mol. The molecule has 3 aromatic heterocycles. The molecule has 0 radical (unpaired) electrons. The number of pyridine rings is 1. The lowest BCUT2D eigenvalue weighted by Gasteiger charge is -2.52. The molecule has 7 fully saturated rings. The number of aromatic nitrogens is 5. The van der Waals surface area contributed by atoms with Crippen molar-refractivity contribution in [3.8, 4) is 23.0 Å². The van der Waals surface area contributed by atoms with Crippen molar-refractivity contribution in [2.24, 2.45) is 17.9 Å². The van der Waals surface area contributed by atoms with Crippen LogP contribution >= 0.6 is 0 Å². The molecule has 5 saturated heterocycles. The number of urea groups is 1. The van der Waals surface area contributed by atoms with E-state index in [-0.39, 0.29) is 64.6 Å². The van der Waals surface area contributed by atoms with Crippen LogP contribution in [0, 0.1) is 28.3 Å². The Morgan fingerprint density at radius 2 is 1.73 bits per heavy atom. The summed E-state index contributed by atoms with van der Waals surface area (Å²) in [6.45, 7) is 9.38. The molecule has 0 unspecified atom stereocenters. The van der Waals surface area contributed by atoms with Gasteiger partial charge in [0, 0.05) is 81.2 Å². The number of hydrogen-bond donors (Lipinski definition) is 2. The van der Waals surface area contributed by atoms with Gasteiger partial charge < -0.3 is 29.3 Å². The number of halogens is 3. The standard InChI is InChI=1S/C55H61F3N10O5/c1-3-36-41(56)6-5-33-21-35(69)22-39(45(33)36)47-46(58)48-40(27-59-47)49(67-15-4-10-55(30-67)14-20-73-55)62-51(61-48)72-31-53(11-12-53)28-65-19-13-54(29-65)25-34(26-54)66-16-7-32(8-17-66)37-24-43-38(23-42(37)57)50(63-64(43)2)68-18-9-44(70)60-52(68)71/h5-6,21-24,27,32,34,69H,3-4,7-20,25-26,28-31H2,1-2H3,(H,60,70,71)/t34?,54?,55-/m0/s1. The van der Waals surface area contributed by atoms with E-state index in [2.05, 4.69) is 30.1 Å². The molecular formula is C55H61F3N10O5. The topological polar surface area (TPSA) is 154 Å². The number of piperidine rings is 2. The van der Waals surface area contributed by atoms with Gasteiger partial charge in [0.2, 0.25) is 5.91 Å². The minimum atomic E-state index is -0.679. The first-order valence-electron chi connectivity index (χ1n) is 26.3. The van der Waals surface area contributed by atoms with Crippen LogP contribution in [0.1, 0.15) is 94.6 Å². The Labute approximate surface area is 421 Å². The molecule has 0 bridgehead atoms. The number of ether oxygens (including phenoxy) is 2. The number of fused-ring (bicyclic) bond motifs is 3. The number of phenols is 1. The number of nitrogens with zero attached hydrogens (tertiary/aromatic N) is 9. The quantitative estimate of drug-likeness (QED) is 0.128. The maximum absolute atomic E-state index is 17.3. The maximum atomic E-state index is 17.3. The number of carbonyl (C=O) groups excluding carboxylic acids is 2. The Morgan fingerprint density at radius 1 is 0.904 bits per heavy atom. The summed E-state index contributed by atoms with van der Waals surface area (Å²) in [4.78, 5) is 47.6. The average molecular weight is 999 g/mol. The van der Waals surface area contributed by atoms with E-state index in [1.165, 1.54) is 29.5 Å². The van der Waals surface area contributed by atoms with Gasteiger partial charge in [-0.1, -0.05) is 13.0 Å². The van der Waals surface area contributed by atoms with Crippen molar-refractivity contribution in [1.29, 1.82) is 0 Å². The molecule has 2 N–H and O–H groups in total. The summed E-state index contributed by atoms with van der Waals surface area (Å²) < 4.78 is 62.8. The van der Waals surface area contributed by atoms with Crippen molar-refractivity contribution in [3.63, 3.8) is 0 Å². The van der Waals surface area contributed by atoms with E-state index in [4.69, 9.17) is 19.4 Å². The third kappa shape index (κ3) is 8.13. The van der Waals surface area contributed by atoms with Gasteiger partial charge in [-0.2, -0.15) is 15.1 Å². The second-order valence-corrected chi connectivity index (χ2v) is 22.5. The van der Waals surface area contributed by atoms with Gasteiger partial charge >= 0.3 is 12.0 Å². The Kier molecular flexibility index (Phi) is 11.2. The second kappa shape index (κ2) is 17.5. The summed E-state index contributed by atoms with van der Waals surface area (Å²) in [5.74, 6) is -0.745. The van der Waals surface area contributed by atoms with E-state index in [0.717, 1.165) is 109 Å². The number of nitrogens with one attached hydrogen (secondary N) is 1. The molecule has 2 aliphatic carbocycles. The molecule has 1 atom stereocenters. The smallest absolute Gasteiger partial charge is 0.329 e. The molecule has 15 nitrogen and oxygen atoms in total. The summed E-state index contributed by atoms with van der Waals surface area (Å²) in [5.41, 5.74) is 2.22. The van der Waals surface area contributed by atoms with E-state index in [0.29, 0.717) is 80.9 Å². The highest BCUT2D eigenvalue weighted by atomic mass is 19.1. The molecule has 73 heavy (non-hydrogen) atoms. The molecule has 13 rings (SSSR count). The van der Waals surface area contributed by atoms with Gasteiger partial charge in [-0.3, -0.25) is 24.7 Å². The van der Waals surface area contributed by atoms with Crippen LogP contribution in [-0.2, 0) is 23.0 Å². The van der Waals surface area contributed by atoms with Gasteiger partial charge in [-0.05, 0) is 147 Å². The summed E-state index contributed by atoms with van der Waals surface area (Å²) in [5, 5.41) is 19.8. The molecule has 382 valence electrons. The fourth-order valence-electron chi connectivity index (χ4n) is 13.6. The van der Waals surface area contributed by atoms with Crippen molar-refractivity contribution in [2.75, 3.05) is 75.4 Å². The third-order valence-electron chi connectivity index (χ3n) is 17.8. The maximum Gasteiger partial charge on any atom is 0.329 e. The molecular weight excluding hydrogens is 938 g/mol. The van der Waals surface area contributed by atoms with Crippen molar-refractivity contribution in [2.45, 2.75) is 102 Å². The lowest BCUT2D eigenvalue weighted by molar-refractivity contribution is -0.151. The molecule has 3 aromatic carbocycles. The zero-order valence-corrected chi connectivity index (χ0v) is 41.5. The number of likely N-dealkylation sites (tertiary alicyclic amines) is 2. The summed E-state index contributed by atoms with van der Waals surface area (Å²) in [7, 11) is 1.80. The van der Waals surface area contributed by atoms with E-state index < -0.39 is 17.7 Å². The van der Waals surface area contributed by atoms with Crippen molar-refractivity contribution < 1.29 is 37.3 Å². The van der Waals surface area contributed by atoms with Crippen LogP contribution in [0.15, 0.2) is 42.6 Å². The molecule has 2 spiro atoms. The van der Waals surface area contributed by atoms with E-state index in [9.17, 15) is 14.7 Å². The zero-order valence-electron chi connectivity index (χ0n) is 41.5. The largest absolute Gasteiger partial charge is 0.508 e. The number of anilines is 2. The Hall–Kier alpha value is -6.11. The minimum absolute atomic E-state index is 0.0243. The Morgan fingerprint density at radius 3 is 2.48 bits per heavy atom. The van der Waals surface area contributed by atoms with E-state index >= 15 is 13.2 Å². The number of hydrogen-bond acceptors (Lipinski definition) is 12. The lowest BCUT2D eigenvalue weighted by atomic mass is 9.64. The molecule has 3 amide bonds. The van der Waals surface area contributed by atoms with Gasteiger partial charge in [0.25, 0.3) is 0 Å². The summed E-state index contributed by atoms with van der Waals surface area (Å²) in [6, 6.07) is 9.49. The van der Waals surface area contributed by atoms with E-state index in [1.54, 1.807) is 30.1 Å². The van der Waals surface area contributed by atoms with Gasteiger partial charge in [-0.25, -0.2) is 18.0 Å². The van der Waals surface area contributed by atoms with Gasteiger partial charge in [-0.15, -0.1) is 0 Å². The number of carbonyl (C=O) groups is 2. The second-order valence-electron chi connectivity index (χ2n) is 22.5. The first-order valence-corrected chi connectivity index (χ1v) is 26.3. The normalized spacial score (nSPS) is 25.6. The molecule has 8 heterocycles. The highest BCUT2D eigenvalue weighted by Crippen LogP contribution is 2.54. The number of phenolic OH excluding ortho intramolecular Hbond substituents is 1. The number of aryl methyl sites for hydroxylation is 2. The predicted molar refractivity (Wildman–Crippen MR) is 269 cm³/mol. The molecule has 6 aromatic rings. The SMILES string of the molecule is CCc1c(F)ccc2cc(O)cc(-c3ncc4c(N5CCC[C@]6(CCO6)C5)nc(OCC5(CN6CCC7(CC(N8CCC(c9cc%10c(cc9F)c(N9CCC(=O)NC9=O)nn%10C)CC8)C7)C6)CC5)nc4c3F)c12. The summed E-state index contributed by atoms with van der Waals surface area (Å²) >= 11 is 0. The van der Waals surface area contributed by atoms with Gasteiger partial charge in [0.15, 0.2) is 11.6 Å². The van der Waals surface area contributed by atoms with Crippen molar-refractivity contribution >= 4 is 56.2 Å². The van der Waals surface area contributed by atoms with Gasteiger partial charge in [0.05, 0.1) is 29.7 Å². The fourth-order valence-corrected chi connectivity index (χ4v) is 13.6. The number of rotatable bonds is 11. The predicted octanol–water partition coefficient (Wildman–Crippen LogP) is 8.52.